The van der Waals surface area contributed by atoms with Crippen LogP contribution in [0.1, 0.15) is 55.8 Å². The molecule has 0 aromatic heterocycles. The lowest BCUT2D eigenvalue weighted by molar-refractivity contribution is -0.124. The Labute approximate surface area is 172 Å². The van der Waals surface area contributed by atoms with E-state index in [1.165, 1.54) is 24.0 Å². The molecule has 5 heteroatoms. The van der Waals surface area contributed by atoms with Gasteiger partial charge in [0.15, 0.2) is 6.61 Å². The molecular weight excluding hydrogens is 366 g/mol. The zero-order chi connectivity index (χ0) is 20.4. The average molecular weight is 395 g/mol. The number of methoxy groups -OCH3 is 1. The Bertz CT molecular complexity index is 906. The highest BCUT2D eigenvalue weighted by Gasteiger charge is 2.34. The van der Waals surface area contributed by atoms with E-state index >= 15 is 0 Å². The molecule has 2 aliphatic rings. The van der Waals surface area contributed by atoms with E-state index in [9.17, 15) is 4.79 Å². The number of ether oxygens (including phenoxy) is 3. The minimum Gasteiger partial charge on any atom is -0.497 e. The first kappa shape index (κ1) is 19.6. The highest BCUT2D eigenvalue weighted by Crippen LogP contribution is 2.41. The number of amides is 1. The number of aryl methyl sites for hydroxylation is 1. The Kier molecular flexibility index (Phi) is 5.39. The molecule has 0 spiro atoms. The van der Waals surface area contributed by atoms with Crippen LogP contribution < -0.4 is 19.5 Å². The van der Waals surface area contributed by atoms with Crippen LogP contribution in [0, 0.1) is 0 Å². The van der Waals surface area contributed by atoms with E-state index in [0.29, 0.717) is 6.42 Å². The first-order valence-electron chi connectivity index (χ1n) is 10.3. The third-order valence-corrected chi connectivity index (χ3v) is 5.73. The molecule has 1 aliphatic carbocycles. The van der Waals surface area contributed by atoms with Gasteiger partial charge in [0.1, 0.15) is 22.8 Å². The Balaban J connectivity index is 1.45. The summed E-state index contributed by atoms with van der Waals surface area (Å²) in [6.45, 7) is 4.07. The molecule has 154 valence electrons. The van der Waals surface area contributed by atoms with Gasteiger partial charge in [-0.05, 0) is 68.9 Å². The summed E-state index contributed by atoms with van der Waals surface area (Å²) in [7, 11) is 1.63. The van der Waals surface area contributed by atoms with Gasteiger partial charge < -0.3 is 19.5 Å². The maximum atomic E-state index is 12.7. The zero-order valence-corrected chi connectivity index (χ0v) is 17.4. The second kappa shape index (κ2) is 7.97. The number of carbonyl (C=O) groups excluding carboxylic acids is 1. The lowest BCUT2D eigenvalue weighted by Gasteiger charge is -2.38. The monoisotopic (exact) mass is 395 g/mol. The standard InChI is InChI=1S/C24H29NO4/c1-24(2)14-20(19-12-11-17(27-3)13-22(19)29-24)25-23(26)15-28-21-10-6-8-16-7-4-5-9-18(16)21/h6,8,10-13,20H,4-5,7,9,14-15H2,1-3H3,(H,25,26). The largest absolute Gasteiger partial charge is 0.497 e. The van der Waals surface area contributed by atoms with Crippen molar-refractivity contribution in [2.24, 2.45) is 0 Å². The Hall–Kier alpha value is -2.69. The van der Waals surface area contributed by atoms with Crippen LogP contribution in [0.25, 0.3) is 0 Å². The Morgan fingerprint density at radius 1 is 1.21 bits per heavy atom. The van der Waals surface area contributed by atoms with Crippen LogP contribution in [-0.2, 0) is 17.6 Å². The number of nitrogens with one attached hydrogen (secondary N) is 1. The summed E-state index contributed by atoms with van der Waals surface area (Å²) in [4.78, 5) is 12.7. The van der Waals surface area contributed by atoms with E-state index in [-0.39, 0.29) is 24.2 Å². The molecule has 1 N–H and O–H groups in total. The molecule has 1 heterocycles. The van der Waals surface area contributed by atoms with Crippen LogP contribution >= 0.6 is 0 Å². The topological polar surface area (TPSA) is 56.8 Å². The van der Waals surface area contributed by atoms with Crippen LogP contribution in [0.15, 0.2) is 36.4 Å². The summed E-state index contributed by atoms with van der Waals surface area (Å²) >= 11 is 0. The van der Waals surface area contributed by atoms with Crippen molar-refractivity contribution in [3.05, 3.63) is 53.1 Å². The molecule has 1 amide bonds. The molecule has 4 rings (SSSR count). The summed E-state index contributed by atoms with van der Waals surface area (Å²) in [5, 5.41) is 3.13. The molecule has 5 nitrogen and oxygen atoms in total. The number of carbonyl (C=O) groups is 1. The molecule has 1 unspecified atom stereocenters. The minimum atomic E-state index is -0.378. The molecule has 0 saturated heterocycles. The normalized spacial score (nSPS) is 19.3. The maximum Gasteiger partial charge on any atom is 0.258 e. The molecule has 0 bridgehead atoms. The second-order valence-corrected chi connectivity index (χ2v) is 8.48. The average Bonchev–Trinajstić information content (AvgIpc) is 2.70. The number of rotatable bonds is 5. The molecule has 1 aliphatic heterocycles. The number of hydrogen-bond donors (Lipinski definition) is 1. The fraction of sp³-hybridized carbons (Fsp3) is 0.458. The lowest BCUT2D eigenvalue weighted by Crippen LogP contribution is -2.42. The summed E-state index contributed by atoms with van der Waals surface area (Å²) in [6.07, 6.45) is 5.21. The van der Waals surface area contributed by atoms with E-state index in [1.54, 1.807) is 7.11 Å². The molecule has 2 aromatic carbocycles. The highest BCUT2D eigenvalue weighted by molar-refractivity contribution is 5.78. The first-order chi connectivity index (χ1) is 13.9. The van der Waals surface area contributed by atoms with Gasteiger partial charge in [-0.2, -0.15) is 0 Å². The van der Waals surface area contributed by atoms with Crippen LogP contribution in [0.3, 0.4) is 0 Å². The van der Waals surface area contributed by atoms with Crippen molar-refractivity contribution in [3.8, 4) is 17.2 Å². The van der Waals surface area contributed by atoms with Crippen molar-refractivity contribution < 1.29 is 19.0 Å². The molecule has 2 aromatic rings. The van der Waals surface area contributed by atoms with Gasteiger partial charge in [0, 0.05) is 18.1 Å². The van der Waals surface area contributed by atoms with Crippen LogP contribution in [0.2, 0.25) is 0 Å². The van der Waals surface area contributed by atoms with Gasteiger partial charge in [0.2, 0.25) is 0 Å². The van der Waals surface area contributed by atoms with Gasteiger partial charge in [0.25, 0.3) is 5.91 Å². The number of hydrogen-bond acceptors (Lipinski definition) is 4. The molecule has 0 saturated carbocycles. The fourth-order valence-corrected chi connectivity index (χ4v) is 4.35. The van der Waals surface area contributed by atoms with E-state index in [0.717, 1.165) is 35.7 Å². The Morgan fingerprint density at radius 3 is 2.86 bits per heavy atom. The fourth-order valence-electron chi connectivity index (χ4n) is 4.35. The van der Waals surface area contributed by atoms with Crippen molar-refractivity contribution in [1.82, 2.24) is 5.32 Å². The van der Waals surface area contributed by atoms with Crippen molar-refractivity contribution in [2.75, 3.05) is 13.7 Å². The van der Waals surface area contributed by atoms with Gasteiger partial charge in [-0.3, -0.25) is 4.79 Å². The molecule has 29 heavy (non-hydrogen) atoms. The van der Waals surface area contributed by atoms with Crippen molar-refractivity contribution in [3.63, 3.8) is 0 Å². The van der Waals surface area contributed by atoms with Crippen molar-refractivity contribution in [1.29, 1.82) is 0 Å². The smallest absolute Gasteiger partial charge is 0.258 e. The van der Waals surface area contributed by atoms with E-state index in [2.05, 4.69) is 11.4 Å². The summed E-state index contributed by atoms with van der Waals surface area (Å²) in [5.74, 6) is 2.21. The third kappa shape index (κ3) is 4.34. The molecule has 1 atom stereocenters. The third-order valence-electron chi connectivity index (χ3n) is 5.73. The van der Waals surface area contributed by atoms with E-state index < -0.39 is 0 Å². The predicted molar refractivity (Wildman–Crippen MR) is 112 cm³/mol. The van der Waals surface area contributed by atoms with Gasteiger partial charge in [-0.15, -0.1) is 0 Å². The van der Waals surface area contributed by atoms with Gasteiger partial charge in [0.05, 0.1) is 13.2 Å². The van der Waals surface area contributed by atoms with Gasteiger partial charge in [-0.25, -0.2) is 0 Å². The highest BCUT2D eigenvalue weighted by atomic mass is 16.5. The number of fused-ring (bicyclic) bond motifs is 2. The number of benzene rings is 2. The predicted octanol–water partition coefficient (Wildman–Crippen LogP) is 4.37. The SMILES string of the molecule is COc1ccc2c(c1)OC(C)(C)CC2NC(=O)COc1cccc2c1CCCC2. The van der Waals surface area contributed by atoms with Gasteiger partial charge in [-0.1, -0.05) is 12.1 Å². The lowest BCUT2D eigenvalue weighted by atomic mass is 9.89. The van der Waals surface area contributed by atoms with E-state index in [4.69, 9.17) is 14.2 Å². The Morgan fingerprint density at radius 2 is 2.03 bits per heavy atom. The van der Waals surface area contributed by atoms with Crippen LogP contribution in [0.4, 0.5) is 0 Å². The second-order valence-electron chi connectivity index (χ2n) is 8.48. The summed E-state index contributed by atoms with van der Waals surface area (Å²) < 4.78 is 17.3. The minimum absolute atomic E-state index is 0.0136. The summed E-state index contributed by atoms with van der Waals surface area (Å²) in [5.41, 5.74) is 3.20. The zero-order valence-electron chi connectivity index (χ0n) is 17.4. The van der Waals surface area contributed by atoms with E-state index in [1.807, 2.05) is 44.2 Å². The van der Waals surface area contributed by atoms with Crippen LogP contribution in [-0.4, -0.2) is 25.2 Å². The van der Waals surface area contributed by atoms with Crippen LogP contribution in [0.5, 0.6) is 17.2 Å². The quantitative estimate of drug-likeness (QED) is 0.817. The van der Waals surface area contributed by atoms with Crippen molar-refractivity contribution in [2.45, 2.75) is 57.6 Å². The van der Waals surface area contributed by atoms with Crippen molar-refractivity contribution >= 4 is 5.91 Å². The van der Waals surface area contributed by atoms with Gasteiger partial charge >= 0.3 is 0 Å². The molecular formula is C24H29NO4. The molecule has 0 radical (unpaired) electrons. The maximum absolute atomic E-state index is 12.7. The summed E-state index contributed by atoms with van der Waals surface area (Å²) in [6, 6.07) is 11.8. The molecule has 0 fully saturated rings. The first-order valence-corrected chi connectivity index (χ1v) is 10.3.